The van der Waals surface area contributed by atoms with Gasteiger partial charge in [-0.1, -0.05) is 25.9 Å². The number of hydrogen-bond acceptors (Lipinski definition) is 10. The number of amides is 4. The van der Waals surface area contributed by atoms with Gasteiger partial charge in [-0.15, -0.1) is 0 Å². The van der Waals surface area contributed by atoms with Gasteiger partial charge in [-0.3, -0.25) is 19.1 Å². The van der Waals surface area contributed by atoms with Crippen LogP contribution in [0.5, 0.6) is 5.75 Å². The van der Waals surface area contributed by atoms with Crippen molar-refractivity contribution in [1.29, 1.82) is 0 Å². The van der Waals surface area contributed by atoms with Crippen LogP contribution in [0.4, 0.5) is 18.0 Å². The Kier molecular flexibility index (Phi) is 10.3. The number of carbonyl (C=O) groups is 4. The molecule has 14 nitrogen and oxygen atoms in total. The number of benzene rings is 1. The van der Waals surface area contributed by atoms with Gasteiger partial charge in [0.1, 0.15) is 40.9 Å². The van der Waals surface area contributed by atoms with E-state index in [1.54, 1.807) is 41.5 Å². The predicted octanol–water partition coefficient (Wildman–Crippen LogP) is 2.99. The smallest absolute Gasteiger partial charge is 0.408 e. The first kappa shape index (κ1) is 38.1. The number of fused-ring (bicyclic) bond motifs is 1. The lowest BCUT2D eigenvalue weighted by atomic mass is 9.85. The fraction of sp³-hybridized carbons (Fsp3) is 0.667. The minimum Gasteiger partial charge on any atom is -0.492 e. The van der Waals surface area contributed by atoms with E-state index in [2.05, 4.69) is 15.8 Å². The first-order valence-electron chi connectivity index (χ1n) is 16.7. The minimum atomic E-state index is -4.14. The highest BCUT2D eigenvalue weighted by Crippen LogP contribution is 2.48. The fourth-order valence-electron chi connectivity index (χ4n) is 6.12. The molecule has 1 saturated heterocycles. The summed E-state index contributed by atoms with van der Waals surface area (Å²) >= 11 is 0. The summed E-state index contributed by atoms with van der Waals surface area (Å²) in [5.74, 6) is -4.85. The van der Waals surface area contributed by atoms with Crippen LogP contribution in [0.3, 0.4) is 0 Å². The lowest BCUT2D eigenvalue weighted by Gasteiger charge is -2.36. The molecule has 0 bridgehead atoms. The van der Waals surface area contributed by atoms with Gasteiger partial charge < -0.3 is 29.8 Å². The van der Waals surface area contributed by atoms with Crippen LogP contribution in [0.2, 0.25) is 0 Å². The fourth-order valence-corrected chi connectivity index (χ4v) is 7.49. The molecule has 4 amide bonds. The maximum absolute atomic E-state index is 14.3. The van der Waals surface area contributed by atoms with Gasteiger partial charge in [0.05, 0.1) is 30.0 Å². The number of hydrogen-bond donors (Lipinski definition) is 3. The van der Waals surface area contributed by atoms with Crippen LogP contribution in [0.15, 0.2) is 23.4 Å². The summed E-state index contributed by atoms with van der Waals surface area (Å²) in [4.78, 5) is 61.2. The second-order valence-corrected chi connectivity index (χ2v) is 17.4. The van der Waals surface area contributed by atoms with Crippen LogP contribution in [0.1, 0.15) is 79.2 Å². The highest BCUT2D eigenvalue weighted by molar-refractivity contribution is 7.91. The number of alkyl carbamates (subject to hydrolysis) is 1. The van der Waals surface area contributed by atoms with Crippen molar-refractivity contribution in [3.63, 3.8) is 0 Å². The van der Waals surface area contributed by atoms with E-state index < -0.39 is 98.4 Å². The molecule has 3 fully saturated rings. The standard InChI is InChI=1S/C33H44F3N5O9S/c1-31(2,3)25(37-30(45)49-32(4,5)6)28(43)41-16-18(50-39-22-11-12-48-24-10-7-17(34)13-20(22)24)14-23(41)27(42)38-33(15-21(33)26(35)36)29(44)40-51(46,47)19-8-9-19/h7,10,13,18-19,21,23,25-26H,8-9,11-12,14-16H2,1-6H3,(H,37,45)(H,38,42)(H,40,44)/b39-22-/t18-,21+,23+,25-,33+/m1/s1. The molecule has 282 valence electrons. The molecule has 0 aromatic heterocycles. The normalized spacial score (nSPS) is 26.1. The van der Waals surface area contributed by atoms with E-state index >= 15 is 0 Å². The molecule has 2 heterocycles. The second-order valence-electron chi connectivity index (χ2n) is 15.5. The summed E-state index contributed by atoms with van der Waals surface area (Å²) < 4.78 is 79.9. The monoisotopic (exact) mass is 743 g/mol. The number of halogens is 3. The lowest BCUT2D eigenvalue weighted by Crippen LogP contribution is -2.60. The second kappa shape index (κ2) is 13.8. The third-order valence-corrected chi connectivity index (χ3v) is 10.9. The number of nitrogens with one attached hydrogen (secondary N) is 3. The van der Waals surface area contributed by atoms with E-state index in [0.29, 0.717) is 29.9 Å². The van der Waals surface area contributed by atoms with Crippen molar-refractivity contribution in [3.05, 3.63) is 29.6 Å². The summed E-state index contributed by atoms with van der Waals surface area (Å²) in [6.45, 7) is 9.94. The molecule has 0 unspecified atom stereocenters. The molecule has 5 atom stereocenters. The summed E-state index contributed by atoms with van der Waals surface area (Å²) in [6, 6.07) is 1.24. The SMILES string of the molecule is CC(C)(C)OC(=O)N[C@H](C(=O)N1C[C@H](O/N=C2/CCOc3ccc(F)cc32)C[C@H]1C(=O)N[C@@]1(C(=O)NS(=O)(=O)C2CC2)C[C@H]1C(F)F)C(C)(C)C. The first-order valence-corrected chi connectivity index (χ1v) is 18.3. The summed E-state index contributed by atoms with van der Waals surface area (Å²) in [7, 11) is -4.14. The quantitative estimate of drug-likeness (QED) is 0.304. The zero-order chi connectivity index (χ0) is 37.7. The number of sulfonamides is 1. The van der Waals surface area contributed by atoms with Gasteiger partial charge in [0.2, 0.25) is 28.3 Å². The molecule has 2 aliphatic carbocycles. The first-order chi connectivity index (χ1) is 23.6. The maximum Gasteiger partial charge on any atom is 0.408 e. The molecule has 0 radical (unpaired) electrons. The van der Waals surface area contributed by atoms with Gasteiger partial charge in [-0.05, 0) is 63.6 Å². The van der Waals surface area contributed by atoms with E-state index in [0.717, 1.165) is 4.90 Å². The molecule has 1 aromatic rings. The van der Waals surface area contributed by atoms with E-state index in [1.807, 2.05) is 4.72 Å². The van der Waals surface area contributed by atoms with Crippen molar-refractivity contribution in [2.24, 2.45) is 16.5 Å². The molecule has 18 heteroatoms. The minimum absolute atomic E-state index is 0.221. The van der Waals surface area contributed by atoms with Crippen LogP contribution in [0.25, 0.3) is 0 Å². The van der Waals surface area contributed by atoms with Crippen molar-refractivity contribution in [3.8, 4) is 5.75 Å². The summed E-state index contributed by atoms with van der Waals surface area (Å²) in [5.41, 5.74) is -3.36. The highest BCUT2D eigenvalue weighted by atomic mass is 32.2. The third-order valence-electron chi connectivity index (χ3n) is 9.05. The molecule has 4 aliphatic rings. The van der Waals surface area contributed by atoms with Gasteiger partial charge in [-0.2, -0.15) is 0 Å². The van der Waals surface area contributed by atoms with E-state index in [-0.39, 0.29) is 26.0 Å². The van der Waals surface area contributed by atoms with Crippen molar-refractivity contribution >= 4 is 39.5 Å². The molecule has 3 N–H and O–H groups in total. The molecular formula is C33H44F3N5O9S. The Balaban J connectivity index is 1.42. The van der Waals surface area contributed by atoms with Crippen LogP contribution in [-0.4, -0.2) is 97.0 Å². The van der Waals surface area contributed by atoms with Crippen molar-refractivity contribution in [2.75, 3.05) is 13.2 Å². The zero-order valence-corrected chi connectivity index (χ0v) is 30.1. The van der Waals surface area contributed by atoms with Crippen LogP contribution in [-0.2, 0) is 34.0 Å². The van der Waals surface area contributed by atoms with Crippen molar-refractivity contribution in [1.82, 2.24) is 20.3 Å². The van der Waals surface area contributed by atoms with Gasteiger partial charge in [0.15, 0.2) is 0 Å². The third kappa shape index (κ3) is 8.69. The maximum atomic E-state index is 14.3. The van der Waals surface area contributed by atoms with Gasteiger partial charge in [0, 0.05) is 18.4 Å². The van der Waals surface area contributed by atoms with Crippen molar-refractivity contribution < 1.29 is 55.1 Å². The Hall–Kier alpha value is -4.09. The van der Waals surface area contributed by atoms with Crippen LogP contribution < -0.4 is 20.1 Å². The Labute approximate surface area is 294 Å². The number of nitrogens with zero attached hydrogens (tertiary/aromatic N) is 2. The van der Waals surface area contributed by atoms with Gasteiger partial charge in [-0.25, -0.2) is 26.4 Å². The van der Waals surface area contributed by atoms with Gasteiger partial charge in [0.25, 0.3) is 5.91 Å². The Morgan fingerprint density at radius 1 is 1.10 bits per heavy atom. The number of ether oxygens (including phenoxy) is 2. The zero-order valence-electron chi connectivity index (χ0n) is 29.3. The number of alkyl halides is 2. The Bertz CT molecular complexity index is 1710. The highest BCUT2D eigenvalue weighted by Gasteiger charge is 2.67. The molecule has 2 aliphatic heterocycles. The number of carbonyl (C=O) groups excluding carboxylic acids is 4. The van der Waals surface area contributed by atoms with Crippen LogP contribution in [0, 0.1) is 17.2 Å². The topological polar surface area (TPSA) is 182 Å². The van der Waals surface area contributed by atoms with E-state index in [4.69, 9.17) is 14.3 Å². The Morgan fingerprint density at radius 2 is 1.78 bits per heavy atom. The van der Waals surface area contributed by atoms with E-state index in [1.165, 1.54) is 18.2 Å². The average molecular weight is 744 g/mol. The molecule has 0 spiro atoms. The van der Waals surface area contributed by atoms with Crippen molar-refractivity contribution in [2.45, 2.75) is 115 Å². The molecule has 51 heavy (non-hydrogen) atoms. The largest absolute Gasteiger partial charge is 0.492 e. The van der Waals surface area contributed by atoms with E-state index in [9.17, 15) is 40.8 Å². The number of oxime groups is 1. The molecule has 2 saturated carbocycles. The number of likely N-dealkylation sites (tertiary alicyclic amines) is 1. The summed E-state index contributed by atoms with van der Waals surface area (Å²) in [5, 5.41) is 8.31. The van der Waals surface area contributed by atoms with Gasteiger partial charge >= 0.3 is 6.09 Å². The summed E-state index contributed by atoms with van der Waals surface area (Å²) in [6.07, 6.45) is -4.78. The molecule has 5 rings (SSSR count). The predicted molar refractivity (Wildman–Crippen MR) is 176 cm³/mol. The lowest BCUT2D eigenvalue weighted by molar-refractivity contribution is -0.143. The average Bonchev–Trinajstić information content (AvgIpc) is 3.94. The Morgan fingerprint density at radius 3 is 2.37 bits per heavy atom. The molecule has 1 aromatic carbocycles. The molecular weight excluding hydrogens is 699 g/mol. The number of rotatable bonds is 10. The van der Waals surface area contributed by atoms with Crippen LogP contribution >= 0.6 is 0 Å².